The lowest BCUT2D eigenvalue weighted by molar-refractivity contribution is 0.0421. The standard InChI is InChI=1S/C18H14O4/c1-9-11(7-8-14-15(9)10(2)21-18(14)20)16-12-5-3-4-6-13(12)17(19)22-16/h3-8,10,16H,1-2H3. The summed E-state index contributed by atoms with van der Waals surface area (Å²) in [4.78, 5) is 23.8. The number of esters is 2. The van der Waals surface area contributed by atoms with Gasteiger partial charge in [-0.15, -0.1) is 0 Å². The number of benzene rings is 2. The second-order valence-electron chi connectivity index (χ2n) is 5.66. The van der Waals surface area contributed by atoms with Crippen molar-refractivity contribution in [3.05, 3.63) is 69.8 Å². The van der Waals surface area contributed by atoms with Crippen LogP contribution >= 0.6 is 0 Å². The van der Waals surface area contributed by atoms with Gasteiger partial charge in [-0.1, -0.05) is 24.3 Å². The topological polar surface area (TPSA) is 52.6 Å². The highest BCUT2D eigenvalue weighted by Crippen LogP contribution is 2.41. The van der Waals surface area contributed by atoms with Gasteiger partial charge in [0.25, 0.3) is 0 Å². The first-order chi connectivity index (χ1) is 10.6. The Morgan fingerprint density at radius 2 is 1.59 bits per heavy atom. The van der Waals surface area contributed by atoms with Crippen LogP contribution in [-0.2, 0) is 9.47 Å². The predicted molar refractivity (Wildman–Crippen MR) is 78.7 cm³/mol. The summed E-state index contributed by atoms with van der Waals surface area (Å²) in [6.07, 6.45) is -0.688. The fraction of sp³-hybridized carbons (Fsp3) is 0.222. The molecule has 2 unspecified atom stereocenters. The zero-order valence-corrected chi connectivity index (χ0v) is 12.3. The number of rotatable bonds is 1. The smallest absolute Gasteiger partial charge is 0.339 e. The summed E-state index contributed by atoms with van der Waals surface area (Å²) in [5.74, 6) is -0.596. The minimum absolute atomic E-state index is 0.269. The van der Waals surface area contributed by atoms with Crippen LogP contribution in [0.2, 0.25) is 0 Å². The molecule has 0 aromatic heterocycles. The molecule has 4 nitrogen and oxygen atoms in total. The summed E-state index contributed by atoms with van der Waals surface area (Å²) < 4.78 is 10.8. The lowest BCUT2D eigenvalue weighted by Gasteiger charge is -2.17. The predicted octanol–water partition coefficient (Wildman–Crippen LogP) is 3.49. The highest BCUT2D eigenvalue weighted by Gasteiger charge is 2.36. The molecule has 2 atom stereocenters. The van der Waals surface area contributed by atoms with E-state index in [2.05, 4.69) is 0 Å². The van der Waals surface area contributed by atoms with Crippen molar-refractivity contribution in [2.45, 2.75) is 26.1 Å². The third kappa shape index (κ3) is 1.64. The van der Waals surface area contributed by atoms with Gasteiger partial charge in [0, 0.05) is 16.7 Å². The third-order valence-electron chi connectivity index (χ3n) is 4.44. The molecule has 4 rings (SSSR count). The van der Waals surface area contributed by atoms with E-state index in [4.69, 9.17) is 9.47 Å². The van der Waals surface area contributed by atoms with Gasteiger partial charge in [-0.05, 0) is 31.5 Å². The highest BCUT2D eigenvalue weighted by atomic mass is 16.6. The van der Waals surface area contributed by atoms with E-state index in [-0.39, 0.29) is 18.0 Å². The molecule has 2 aliphatic rings. The number of hydrogen-bond donors (Lipinski definition) is 0. The molecule has 0 fully saturated rings. The van der Waals surface area contributed by atoms with Gasteiger partial charge in [0.15, 0.2) is 6.10 Å². The van der Waals surface area contributed by atoms with Crippen LogP contribution < -0.4 is 0 Å². The number of cyclic esters (lactones) is 2. The minimum Gasteiger partial charge on any atom is -0.454 e. The zero-order valence-electron chi connectivity index (χ0n) is 12.3. The number of fused-ring (bicyclic) bond motifs is 2. The largest absolute Gasteiger partial charge is 0.454 e. The molecule has 0 bridgehead atoms. The molecule has 2 aromatic carbocycles. The second kappa shape index (κ2) is 4.44. The van der Waals surface area contributed by atoms with Crippen LogP contribution in [0.4, 0.5) is 0 Å². The van der Waals surface area contributed by atoms with Crippen LogP contribution in [0.5, 0.6) is 0 Å². The molecule has 22 heavy (non-hydrogen) atoms. The van der Waals surface area contributed by atoms with Gasteiger partial charge >= 0.3 is 11.9 Å². The van der Waals surface area contributed by atoms with E-state index in [9.17, 15) is 9.59 Å². The molecule has 0 aliphatic carbocycles. The van der Waals surface area contributed by atoms with E-state index in [0.717, 1.165) is 22.3 Å². The summed E-state index contributed by atoms with van der Waals surface area (Å²) in [5.41, 5.74) is 4.82. The Balaban J connectivity index is 1.88. The number of carbonyl (C=O) groups excluding carboxylic acids is 2. The van der Waals surface area contributed by atoms with Crippen LogP contribution in [0.25, 0.3) is 0 Å². The first kappa shape index (κ1) is 13.1. The molecule has 0 spiro atoms. The first-order valence-corrected chi connectivity index (χ1v) is 7.22. The fourth-order valence-corrected chi connectivity index (χ4v) is 3.39. The average molecular weight is 294 g/mol. The number of hydrogen-bond acceptors (Lipinski definition) is 4. The minimum atomic E-state index is -0.420. The Bertz CT molecular complexity index is 822. The second-order valence-corrected chi connectivity index (χ2v) is 5.66. The molecular formula is C18H14O4. The SMILES string of the molecule is Cc1c(C2OC(=O)c3ccccc32)ccc2c1C(C)OC2=O. The summed E-state index contributed by atoms with van der Waals surface area (Å²) in [7, 11) is 0. The maximum atomic E-state index is 12.0. The fourth-order valence-electron chi connectivity index (χ4n) is 3.39. The Morgan fingerprint density at radius 3 is 2.41 bits per heavy atom. The van der Waals surface area contributed by atoms with Crippen molar-refractivity contribution in [3.8, 4) is 0 Å². The maximum Gasteiger partial charge on any atom is 0.339 e. The van der Waals surface area contributed by atoms with Gasteiger partial charge in [-0.25, -0.2) is 9.59 Å². The maximum absolute atomic E-state index is 12.0. The van der Waals surface area contributed by atoms with Gasteiger partial charge in [-0.3, -0.25) is 0 Å². The van der Waals surface area contributed by atoms with Crippen LogP contribution in [0.1, 0.15) is 62.1 Å². The monoisotopic (exact) mass is 294 g/mol. The summed E-state index contributed by atoms with van der Waals surface area (Å²) in [5, 5.41) is 0. The molecule has 110 valence electrons. The van der Waals surface area contributed by atoms with Crippen molar-refractivity contribution in [2.75, 3.05) is 0 Å². The van der Waals surface area contributed by atoms with E-state index in [1.165, 1.54) is 0 Å². The van der Waals surface area contributed by atoms with E-state index in [1.54, 1.807) is 12.1 Å². The molecular weight excluding hydrogens is 280 g/mol. The van der Waals surface area contributed by atoms with Crippen molar-refractivity contribution < 1.29 is 19.1 Å². The normalized spacial score (nSPS) is 22.1. The molecule has 2 aliphatic heterocycles. The Hall–Kier alpha value is -2.62. The van der Waals surface area contributed by atoms with Gasteiger partial charge in [0.2, 0.25) is 0 Å². The van der Waals surface area contributed by atoms with Crippen molar-refractivity contribution >= 4 is 11.9 Å². The van der Waals surface area contributed by atoms with Gasteiger partial charge in [0.05, 0.1) is 11.1 Å². The Morgan fingerprint density at radius 1 is 0.864 bits per heavy atom. The molecule has 4 heteroatoms. The molecule has 0 amide bonds. The lowest BCUT2D eigenvalue weighted by Crippen LogP contribution is -2.06. The van der Waals surface area contributed by atoms with E-state index >= 15 is 0 Å². The van der Waals surface area contributed by atoms with E-state index < -0.39 is 6.10 Å². The molecule has 0 saturated carbocycles. The molecule has 2 aromatic rings. The number of ether oxygens (including phenoxy) is 2. The highest BCUT2D eigenvalue weighted by molar-refractivity contribution is 5.96. The van der Waals surface area contributed by atoms with Crippen molar-refractivity contribution in [2.24, 2.45) is 0 Å². The summed E-state index contributed by atoms with van der Waals surface area (Å²) in [6, 6.07) is 11.0. The average Bonchev–Trinajstić information content (AvgIpc) is 2.98. The summed E-state index contributed by atoms with van der Waals surface area (Å²) >= 11 is 0. The van der Waals surface area contributed by atoms with E-state index in [1.807, 2.05) is 38.1 Å². The zero-order chi connectivity index (χ0) is 15.4. The van der Waals surface area contributed by atoms with Crippen LogP contribution in [-0.4, -0.2) is 11.9 Å². The van der Waals surface area contributed by atoms with Gasteiger partial charge in [-0.2, -0.15) is 0 Å². The van der Waals surface area contributed by atoms with E-state index in [0.29, 0.717) is 11.1 Å². The molecule has 0 N–H and O–H groups in total. The van der Waals surface area contributed by atoms with Crippen molar-refractivity contribution in [3.63, 3.8) is 0 Å². The Labute approximate surface area is 127 Å². The van der Waals surface area contributed by atoms with Crippen molar-refractivity contribution in [1.82, 2.24) is 0 Å². The first-order valence-electron chi connectivity index (χ1n) is 7.22. The molecule has 0 radical (unpaired) electrons. The Kier molecular flexibility index (Phi) is 2.64. The molecule has 0 saturated heterocycles. The third-order valence-corrected chi connectivity index (χ3v) is 4.44. The van der Waals surface area contributed by atoms with Crippen LogP contribution in [0.15, 0.2) is 36.4 Å². The number of carbonyl (C=O) groups is 2. The van der Waals surface area contributed by atoms with Gasteiger partial charge < -0.3 is 9.47 Å². The molecule has 2 heterocycles. The lowest BCUT2D eigenvalue weighted by atomic mass is 9.90. The summed E-state index contributed by atoms with van der Waals surface area (Å²) in [6.45, 7) is 3.80. The van der Waals surface area contributed by atoms with Crippen LogP contribution in [0.3, 0.4) is 0 Å². The van der Waals surface area contributed by atoms with Crippen molar-refractivity contribution in [1.29, 1.82) is 0 Å². The van der Waals surface area contributed by atoms with Gasteiger partial charge in [0.1, 0.15) is 6.10 Å². The van der Waals surface area contributed by atoms with Crippen LogP contribution in [0, 0.1) is 6.92 Å². The quantitative estimate of drug-likeness (QED) is 0.755.